The van der Waals surface area contributed by atoms with E-state index in [1.165, 1.54) is 0 Å². The van der Waals surface area contributed by atoms with Gasteiger partial charge in [-0.1, -0.05) is 6.92 Å². The number of hydrogen-bond acceptors (Lipinski definition) is 3. The molecule has 0 fully saturated rings. The van der Waals surface area contributed by atoms with Crippen molar-refractivity contribution >= 4 is 17.7 Å². The molecule has 0 aromatic carbocycles. The van der Waals surface area contributed by atoms with Crippen molar-refractivity contribution in [1.29, 1.82) is 0 Å². The van der Waals surface area contributed by atoms with Crippen molar-refractivity contribution in [2.45, 2.75) is 19.8 Å². The predicted octanol–water partition coefficient (Wildman–Crippen LogP) is 1.19. The van der Waals surface area contributed by atoms with E-state index >= 15 is 0 Å². The molecule has 0 aliphatic rings. The number of hydrogen-bond donors (Lipinski definition) is 2. The first-order valence-electron chi connectivity index (χ1n) is 4.27. The van der Waals surface area contributed by atoms with Gasteiger partial charge in [0.05, 0.1) is 6.42 Å². The van der Waals surface area contributed by atoms with Crippen LogP contribution in [0.1, 0.15) is 19.8 Å². The Bertz CT molecular complexity index is 120. The molecule has 0 saturated heterocycles. The summed E-state index contributed by atoms with van der Waals surface area (Å²) in [5.74, 6) is 1.59. The number of rotatable bonds is 8. The molecule has 0 rings (SSSR count). The molecule has 0 radical (unpaired) electrons. The normalized spacial score (nSPS) is 10.1. The zero-order valence-corrected chi connectivity index (χ0v) is 8.32. The average molecular weight is 191 g/mol. The second-order valence-corrected chi connectivity index (χ2v) is 3.84. The summed E-state index contributed by atoms with van der Waals surface area (Å²) in [6.45, 7) is 3.66. The highest BCUT2D eigenvalue weighted by Crippen LogP contribution is 1.99. The highest BCUT2D eigenvalue weighted by atomic mass is 32.2. The second-order valence-electron chi connectivity index (χ2n) is 2.44. The third-order valence-electron chi connectivity index (χ3n) is 1.36. The van der Waals surface area contributed by atoms with Gasteiger partial charge in [0.15, 0.2) is 0 Å². The van der Waals surface area contributed by atoms with Gasteiger partial charge in [0, 0.05) is 6.54 Å². The van der Waals surface area contributed by atoms with Crippen molar-refractivity contribution in [2.24, 2.45) is 0 Å². The first-order chi connectivity index (χ1) is 5.77. The SMILES string of the molecule is CCSCCCNCCC(=O)O. The van der Waals surface area contributed by atoms with E-state index in [4.69, 9.17) is 5.11 Å². The third kappa shape index (κ3) is 9.78. The van der Waals surface area contributed by atoms with E-state index < -0.39 is 5.97 Å². The quantitative estimate of drug-likeness (QED) is 0.566. The van der Waals surface area contributed by atoms with Crippen molar-refractivity contribution in [2.75, 3.05) is 24.6 Å². The lowest BCUT2D eigenvalue weighted by atomic mass is 10.4. The minimum atomic E-state index is -0.731. The minimum Gasteiger partial charge on any atom is -0.481 e. The Hall–Kier alpha value is -0.220. The Labute approximate surface area is 77.9 Å². The Morgan fingerprint density at radius 2 is 2.25 bits per heavy atom. The standard InChI is InChI=1S/C8H17NO2S/c1-2-12-7-3-5-9-6-4-8(10)11/h9H,2-7H2,1H3,(H,10,11). The molecule has 2 N–H and O–H groups in total. The first kappa shape index (κ1) is 11.8. The molecule has 12 heavy (non-hydrogen) atoms. The molecule has 0 spiro atoms. The lowest BCUT2D eigenvalue weighted by molar-refractivity contribution is -0.136. The summed E-state index contributed by atoms with van der Waals surface area (Å²) in [7, 11) is 0. The fourth-order valence-corrected chi connectivity index (χ4v) is 1.40. The van der Waals surface area contributed by atoms with Gasteiger partial charge in [-0.15, -0.1) is 0 Å². The van der Waals surface area contributed by atoms with Gasteiger partial charge in [-0.25, -0.2) is 0 Å². The van der Waals surface area contributed by atoms with Crippen LogP contribution in [-0.2, 0) is 4.79 Å². The van der Waals surface area contributed by atoms with Crippen molar-refractivity contribution in [1.82, 2.24) is 5.32 Å². The predicted molar refractivity (Wildman–Crippen MR) is 52.7 cm³/mol. The summed E-state index contributed by atoms with van der Waals surface area (Å²) in [6, 6.07) is 0. The van der Waals surface area contributed by atoms with E-state index in [9.17, 15) is 4.79 Å². The smallest absolute Gasteiger partial charge is 0.304 e. The fraction of sp³-hybridized carbons (Fsp3) is 0.875. The van der Waals surface area contributed by atoms with Crippen LogP contribution in [0.2, 0.25) is 0 Å². The van der Waals surface area contributed by atoms with Crippen molar-refractivity contribution in [3.8, 4) is 0 Å². The topological polar surface area (TPSA) is 49.3 Å². The molecular weight excluding hydrogens is 174 g/mol. The minimum absolute atomic E-state index is 0.223. The fourth-order valence-electron chi connectivity index (χ4n) is 0.764. The summed E-state index contributed by atoms with van der Waals surface area (Å²) < 4.78 is 0. The van der Waals surface area contributed by atoms with E-state index in [2.05, 4.69) is 12.2 Å². The van der Waals surface area contributed by atoms with Gasteiger partial charge >= 0.3 is 5.97 Å². The molecule has 0 aliphatic carbocycles. The molecule has 3 nitrogen and oxygen atoms in total. The van der Waals surface area contributed by atoms with Gasteiger partial charge in [-0.3, -0.25) is 4.79 Å². The van der Waals surface area contributed by atoms with Crippen LogP contribution in [0.25, 0.3) is 0 Å². The molecule has 0 bridgehead atoms. The zero-order chi connectivity index (χ0) is 9.23. The highest BCUT2D eigenvalue weighted by molar-refractivity contribution is 7.99. The Morgan fingerprint density at radius 1 is 1.50 bits per heavy atom. The molecule has 0 aromatic rings. The number of carboxylic acid groups (broad SMARTS) is 1. The van der Waals surface area contributed by atoms with Gasteiger partial charge < -0.3 is 10.4 Å². The Morgan fingerprint density at radius 3 is 2.83 bits per heavy atom. The van der Waals surface area contributed by atoms with E-state index in [1.807, 2.05) is 11.8 Å². The number of carboxylic acids is 1. The summed E-state index contributed by atoms with van der Waals surface area (Å²) in [5.41, 5.74) is 0. The van der Waals surface area contributed by atoms with Crippen molar-refractivity contribution in [3.63, 3.8) is 0 Å². The molecule has 4 heteroatoms. The summed E-state index contributed by atoms with van der Waals surface area (Å²) >= 11 is 1.92. The molecule has 0 heterocycles. The van der Waals surface area contributed by atoms with Gasteiger partial charge in [-0.05, 0) is 24.5 Å². The number of nitrogens with one attached hydrogen (secondary N) is 1. The molecule has 0 unspecified atom stereocenters. The summed E-state index contributed by atoms with van der Waals surface area (Å²) in [5, 5.41) is 11.4. The van der Waals surface area contributed by atoms with Crippen LogP contribution < -0.4 is 5.32 Å². The van der Waals surface area contributed by atoms with Gasteiger partial charge in [0.2, 0.25) is 0 Å². The van der Waals surface area contributed by atoms with E-state index in [0.29, 0.717) is 6.54 Å². The van der Waals surface area contributed by atoms with E-state index in [-0.39, 0.29) is 6.42 Å². The first-order valence-corrected chi connectivity index (χ1v) is 5.43. The summed E-state index contributed by atoms with van der Waals surface area (Å²) in [4.78, 5) is 10.1. The maximum atomic E-state index is 10.1. The van der Waals surface area contributed by atoms with Crippen molar-refractivity contribution in [3.05, 3.63) is 0 Å². The Kier molecular flexibility index (Phi) is 8.71. The third-order valence-corrected chi connectivity index (χ3v) is 2.35. The average Bonchev–Trinajstić information content (AvgIpc) is 2.02. The molecule has 0 atom stereocenters. The number of aliphatic carboxylic acids is 1. The Balaban J connectivity index is 2.86. The monoisotopic (exact) mass is 191 g/mol. The van der Waals surface area contributed by atoms with Crippen LogP contribution >= 0.6 is 11.8 Å². The lowest BCUT2D eigenvalue weighted by Crippen LogP contribution is -2.19. The molecule has 0 aliphatic heterocycles. The molecule has 0 aromatic heterocycles. The highest BCUT2D eigenvalue weighted by Gasteiger charge is 1.94. The van der Waals surface area contributed by atoms with Crippen LogP contribution in [0.15, 0.2) is 0 Å². The zero-order valence-electron chi connectivity index (χ0n) is 7.51. The second kappa shape index (κ2) is 8.87. The molecular formula is C8H17NO2S. The molecule has 72 valence electrons. The number of thioether (sulfide) groups is 1. The van der Waals surface area contributed by atoms with Crippen LogP contribution in [0.3, 0.4) is 0 Å². The van der Waals surface area contributed by atoms with Crippen LogP contribution in [-0.4, -0.2) is 35.7 Å². The summed E-state index contributed by atoms with van der Waals surface area (Å²) in [6.07, 6.45) is 1.35. The van der Waals surface area contributed by atoms with E-state index in [0.717, 1.165) is 24.5 Å². The maximum absolute atomic E-state index is 10.1. The number of carbonyl (C=O) groups is 1. The van der Waals surface area contributed by atoms with Crippen molar-refractivity contribution < 1.29 is 9.90 Å². The van der Waals surface area contributed by atoms with Crippen LogP contribution in [0.4, 0.5) is 0 Å². The lowest BCUT2D eigenvalue weighted by Gasteiger charge is -2.01. The maximum Gasteiger partial charge on any atom is 0.304 e. The van der Waals surface area contributed by atoms with E-state index in [1.54, 1.807) is 0 Å². The largest absolute Gasteiger partial charge is 0.481 e. The van der Waals surface area contributed by atoms with Gasteiger partial charge in [0.1, 0.15) is 0 Å². The molecule has 0 amide bonds. The van der Waals surface area contributed by atoms with Crippen LogP contribution in [0.5, 0.6) is 0 Å². The van der Waals surface area contributed by atoms with Gasteiger partial charge in [0.25, 0.3) is 0 Å². The van der Waals surface area contributed by atoms with Gasteiger partial charge in [-0.2, -0.15) is 11.8 Å². The molecule has 0 saturated carbocycles. The van der Waals surface area contributed by atoms with Crippen LogP contribution in [0, 0.1) is 0 Å².